The number of hydrogen-bond acceptors (Lipinski definition) is 11. The smallest absolute Gasteiger partial charge is 0.311 e. The van der Waals surface area contributed by atoms with Crippen LogP contribution < -0.4 is 0 Å². The Morgan fingerprint density at radius 2 is 1.40 bits per heavy atom. The fourth-order valence-electron chi connectivity index (χ4n) is 4.66. The van der Waals surface area contributed by atoms with Gasteiger partial charge in [0.05, 0.1) is 62.0 Å². The second kappa shape index (κ2) is 16.1. The van der Waals surface area contributed by atoms with Gasteiger partial charge in [0.2, 0.25) is 0 Å². The first-order chi connectivity index (χ1) is 19.6. The summed E-state index contributed by atoms with van der Waals surface area (Å²) < 4.78 is 21.5. The predicted octanol–water partition coefficient (Wildman–Crippen LogP) is 2.21. The standard InChI is InChI=1S/C14H28O4Si.2C8H14O4/c1-9-11(8-15)17-13(16)10(2)12(9)18-19(6,7)14(3,4)5;1-4(6-3-12-6)7(9)5(2)8(10)11;1-4-6(3-9)12-8(11)5(2)7(4)10/h9-12,15H,8H2,1-7H3;4-7,9H,3H2,1-2H3,(H,10,11);4-7,9-10H,3H2,1-2H3/t9-,10+,11-,12-;4-,5+,6+,7-;4-,5+,6-,7-/m000/s1. The molecule has 0 aliphatic carbocycles. The summed E-state index contributed by atoms with van der Waals surface area (Å²) in [6, 6.07) is 0. The first kappa shape index (κ1) is 39.4. The third-order valence-electron chi connectivity index (χ3n) is 9.50. The molecule has 43 heavy (non-hydrogen) atoms. The highest BCUT2D eigenvalue weighted by Crippen LogP contribution is 2.41. The molecule has 0 bridgehead atoms. The van der Waals surface area contributed by atoms with Crippen molar-refractivity contribution < 1.29 is 58.6 Å². The van der Waals surface area contributed by atoms with Crippen molar-refractivity contribution in [2.75, 3.05) is 19.8 Å². The SMILES string of the molecule is C[C@@H]1[C@H](O)[C@@H](C)C(=O)O[C@H]1CO.C[C@@H]1[C@H](O[Si](C)(C)C(C)(C)C)[C@@H](C)C(=O)O[C@H]1CO.C[C@H]([C@H](O)[C@@H](C)C(=O)O)[C@H]1CO1. The minimum Gasteiger partial charge on any atom is -0.481 e. The second-order valence-corrected chi connectivity index (χ2v) is 18.5. The van der Waals surface area contributed by atoms with E-state index in [1.165, 1.54) is 6.92 Å². The van der Waals surface area contributed by atoms with Gasteiger partial charge < -0.3 is 44.2 Å². The largest absolute Gasteiger partial charge is 0.481 e. The fourth-order valence-corrected chi connectivity index (χ4v) is 6.11. The van der Waals surface area contributed by atoms with Gasteiger partial charge in [0.25, 0.3) is 0 Å². The second-order valence-electron chi connectivity index (χ2n) is 13.8. The van der Waals surface area contributed by atoms with E-state index < -0.39 is 56.5 Å². The van der Waals surface area contributed by atoms with Crippen LogP contribution >= 0.6 is 0 Å². The molecule has 3 saturated heterocycles. The summed E-state index contributed by atoms with van der Waals surface area (Å²) in [6.45, 7) is 21.7. The Kier molecular flexibility index (Phi) is 14.8. The molecule has 5 N–H and O–H groups in total. The fraction of sp³-hybridized carbons (Fsp3) is 0.900. The molecule has 3 heterocycles. The van der Waals surface area contributed by atoms with Crippen molar-refractivity contribution in [3.63, 3.8) is 0 Å². The number of hydrogen-bond donors (Lipinski definition) is 5. The minimum absolute atomic E-state index is 0.0202. The lowest BCUT2D eigenvalue weighted by Crippen LogP contribution is -2.55. The summed E-state index contributed by atoms with van der Waals surface area (Å²) in [5.74, 6) is -3.39. The van der Waals surface area contributed by atoms with Gasteiger partial charge >= 0.3 is 17.9 Å². The van der Waals surface area contributed by atoms with E-state index in [0.29, 0.717) is 6.61 Å². The number of carboxylic acids is 1. The molecule has 12 atom stereocenters. The Bertz CT molecular complexity index is 915. The lowest BCUT2D eigenvalue weighted by atomic mass is 9.87. The average Bonchev–Trinajstić information content (AvgIpc) is 3.78. The molecule has 0 spiro atoms. The molecule has 0 aromatic carbocycles. The molecule has 0 radical (unpaired) electrons. The Morgan fingerprint density at radius 1 is 0.953 bits per heavy atom. The Labute approximate surface area is 257 Å². The molecule has 0 aromatic heterocycles. The zero-order valence-corrected chi connectivity index (χ0v) is 28.6. The van der Waals surface area contributed by atoms with Crippen LogP contribution in [0.2, 0.25) is 18.1 Å². The van der Waals surface area contributed by atoms with Gasteiger partial charge in [-0.25, -0.2) is 0 Å². The summed E-state index contributed by atoms with van der Waals surface area (Å²) in [5.41, 5.74) is 0. The normalized spacial score (nSPS) is 34.6. The molecule has 0 amide bonds. The van der Waals surface area contributed by atoms with Gasteiger partial charge in [-0.3, -0.25) is 14.4 Å². The third-order valence-corrected chi connectivity index (χ3v) is 14.0. The van der Waals surface area contributed by atoms with Crippen molar-refractivity contribution in [1.82, 2.24) is 0 Å². The zero-order chi connectivity index (χ0) is 33.6. The van der Waals surface area contributed by atoms with Gasteiger partial charge in [-0.15, -0.1) is 0 Å². The van der Waals surface area contributed by atoms with E-state index in [0.717, 1.165) is 0 Å². The predicted molar refractivity (Wildman–Crippen MR) is 160 cm³/mol. The van der Waals surface area contributed by atoms with Crippen molar-refractivity contribution in [3.05, 3.63) is 0 Å². The van der Waals surface area contributed by atoms with Gasteiger partial charge in [-0.2, -0.15) is 0 Å². The summed E-state index contributed by atoms with van der Waals surface area (Å²) in [4.78, 5) is 33.4. The molecule has 3 fully saturated rings. The lowest BCUT2D eigenvalue weighted by molar-refractivity contribution is -0.181. The maximum Gasteiger partial charge on any atom is 0.311 e. The van der Waals surface area contributed by atoms with Crippen LogP contribution in [0.4, 0.5) is 0 Å². The average molecular weight is 637 g/mol. The molecular formula is C30H56O12Si. The Morgan fingerprint density at radius 3 is 1.79 bits per heavy atom. The van der Waals surface area contributed by atoms with Gasteiger partial charge in [-0.1, -0.05) is 41.5 Å². The van der Waals surface area contributed by atoms with E-state index in [9.17, 15) is 29.7 Å². The van der Waals surface area contributed by atoms with Gasteiger partial charge in [0.1, 0.15) is 12.2 Å². The van der Waals surface area contributed by atoms with E-state index in [1.807, 2.05) is 20.8 Å². The summed E-state index contributed by atoms with van der Waals surface area (Å²) in [5, 5.41) is 45.8. The minimum atomic E-state index is -1.94. The van der Waals surface area contributed by atoms with Crippen LogP contribution in [-0.2, 0) is 33.0 Å². The maximum atomic E-state index is 11.9. The van der Waals surface area contributed by atoms with E-state index >= 15 is 0 Å². The highest BCUT2D eigenvalue weighted by atomic mass is 28.4. The van der Waals surface area contributed by atoms with E-state index in [-0.39, 0.29) is 60.1 Å². The topological polar surface area (TPSA) is 193 Å². The number of aliphatic hydroxyl groups excluding tert-OH is 4. The molecule has 0 unspecified atom stereocenters. The van der Waals surface area contributed by atoms with E-state index in [2.05, 4.69) is 33.9 Å². The van der Waals surface area contributed by atoms with E-state index in [1.54, 1.807) is 13.8 Å². The number of rotatable bonds is 8. The quantitative estimate of drug-likeness (QED) is 0.148. The molecule has 3 aliphatic rings. The number of cyclic esters (lactones) is 2. The highest BCUT2D eigenvalue weighted by Gasteiger charge is 2.47. The maximum absolute atomic E-state index is 11.9. The van der Waals surface area contributed by atoms with E-state index in [4.69, 9.17) is 28.8 Å². The number of ether oxygens (including phenoxy) is 3. The van der Waals surface area contributed by atoms with Crippen LogP contribution in [0, 0.1) is 35.5 Å². The summed E-state index contributed by atoms with van der Waals surface area (Å²) in [7, 11) is -1.94. The number of aliphatic carboxylic acids is 1. The number of esters is 2. The Balaban J connectivity index is 0.000000337. The molecule has 0 aromatic rings. The first-order valence-corrected chi connectivity index (χ1v) is 18.0. The first-order valence-electron chi connectivity index (χ1n) is 15.1. The van der Waals surface area contributed by atoms with Crippen LogP contribution in [0.1, 0.15) is 62.3 Å². The Hall–Kier alpha value is -1.61. The zero-order valence-electron chi connectivity index (χ0n) is 27.6. The number of carbonyl (C=O) groups excluding carboxylic acids is 2. The molecule has 12 nitrogen and oxygen atoms in total. The monoisotopic (exact) mass is 636 g/mol. The molecule has 3 aliphatic heterocycles. The van der Waals surface area contributed by atoms with Gasteiger partial charge in [0.15, 0.2) is 8.32 Å². The van der Waals surface area contributed by atoms with Crippen LogP contribution in [0.25, 0.3) is 0 Å². The van der Waals surface area contributed by atoms with Gasteiger partial charge in [-0.05, 0) is 38.9 Å². The third kappa shape index (κ3) is 10.5. The highest BCUT2D eigenvalue weighted by molar-refractivity contribution is 6.74. The van der Waals surface area contributed by atoms with Crippen LogP contribution in [-0.4, -0.2) is 108 Å². The molecule has 13 heteroatoms. The van der Waals surface area contributed by atoms with Crippen molar-refractivity contribution in [2.24, 2.45) is 35.5 Å². The number of carboxylic acid groups (broad SMARTS) is 1. The van der Waals surface area contributed by atoms with Crippen molar-refractivity contribution >= 4 is 26.2 Å². The van der Waals surface area contributed by atoms with Gasteiger partial charge in [0, 0.05) is 17.8 Å². The molecular weight excluding hydrogens is 580 g/mol. The van der Waals surface area contributed by atoms with Crippen LogP contribution in [0.3, 0.4) is 0 Å². The van der Waals surface area contributed by atoms with Crippen molar-refractivity contribution in [1.29, 1.82) is 0 Å². The lowest BCUT2D eigenvalue weighted by Gasteiger charge is -2.45. The van der Waals surface area contributed by atoms with Crippen molar-refractivity contribution in [2.45, 2.75) is 117 Å². The molecule has 252 valence electrons. The molecule has 0 saturated carbocycles. The summed E-state index contributed by atoms with van der Waals surface area (Å²) in [6.07, 6.45) is -2.62. The van der Waals surface area contributed by atoms with Crippen molar-refractivity contribution in [3.8, 4) is 0 Å². The number of aliphatic hydroxyl groups is 4. The van der Waals surface area contributed by atoms with Crippen LogP contribution in [0.15, 0.2) is 0 Å². The van der Waals surface area contributed by atoms with Crippen LogP contribution in [0.5, 0.6) is 0 Å². The molecule has 3 rings (SSSR count). The number of carbonyl (C=O) groups is 3. The summed E-state index contributed by atoms with van der Waals surface area (Å²) >= 11 is 0. The number of epoxide rings is 1.